The van der Waals surface area contributed by atoms with E-state index >= 15 is 0 Å². The van der Waals surface area contributed by atoms with E-state index in [2.05, 4.69) is 4.98 Å². The lowest BCUT2D eigenvalue weighted by Gasteiger charge is -2.04. The number of nitrogens with zero attached hydrogens (tertiary/aromatic N) is 1. The highest BCUT2D eigenvalue weighted by Gasteiger charge is 2.00. The SMILES string of the molecule is COc1ccc(Sc2cccc(CN)n2)cc1. The lowest BCUT2D eigenvalue weighted by molar-refractivity contribution is 0.414. The van der Waals surface area contributed by atoms with E-state index in [0.29, 0.717) is 6.54 Å². The Hall–Kier alpha value is -1.52. The molecule has 17 heavy (non-hydrogen) atoms. The lowest BCUT2D eigenvalue weighted by atomic mass is 10.3. The largest absolute Gasteiger partial charge is 0.497 e. The molecule has 0 amide bonds. The van der Waals surface area contributed by atoms with Crippen LogP contribution in [0.15, 0.2) is 52.4 Å². The summed E-state index contributed by atoms with van der Waals surface area (Å²) in [6.45, 7) is 0.469. The average Bonchev–Trinajstić information content (AvgIpc) is 2.40. The first-order valence-electron chi connectivity index (χ1n) is 5.30. The van der Waals surface area contributed by atoms with Crippen LogP contribution in [0.2, 0.25) is 0 Å². The number of benzene rings is 1. The standard InChI is InChI=1S/C13H14N2OS/c1-16-11-5-7-12(8-6-11)17-13-4-2-3-10(9-14)15-13/h2-8H,9,14H2,1H3. The summed E-state index contributed by atoms with van der Waals surface area (Å²) in [5.74, 6) is 0.859. The van der Waals surface area contributed by atoms with Crippen molar-refractivity contribution in [2.24, 2.45) is 5.73 Å². The van der Waals surface area contributed by atoms with Crippen LogP contribution in [0.25, 0.3) is 0 Å². The van der Waals surface area contributed by atoms with Gasteiger partial charge in [-0.05, 0) is 36.4 Å². The van der Waals surface area contributed by atoms with E-state index in [1.54, 1.807) is 18.9 Å². The first kappa shape index (κ1) is 12.0. The Morgan fingerprint density at radius 2 is 1.94 bits per heavy atom. The Labute approximate surface area is 105 Å². The topological polar surface area (TPSA) is 48.1 Å². The molecule has 1 aromatic heterocycles. The summed E-state index contributed by atoms with van der Waals surface area (Å²) in [6.07, 6.45) is 0. The molecule has 2 rings (SSSR count). The van der Waals surface area contributed by atoms with Gasteiger partial charge in [0.25, 0.3) is 0 Å². The highest BCUT2D eigenvalue weighted by molar-refractivity contribution is 7.99. The van der Waals surface area contributed by atoms with Crippen molar-refractivity contribution in [2.45, 2.75) is 16.5 Å². The number of nitrogens with two attached hydrogens (primary N) is 1. The van der Waals surface area contributed by atoms with E-state index in [1.807, 2.05) is 42.5 Å². The van der Waals surface area contributed by atoms with Crippen molar-refractivity contribution < 1.29 is 4.74 Å². The van der Waals surface area contributed by atoms with Crippen LogP contribution >= 0.6 is 11.8 Å². The third-order valence-corrected chi connectivity index (χ3v) is 3.22. The minimum atomic E-state index is 0.469. The van der Waals surface area contributed by atoms with Crippen LogP contribution in [0.3, 0.4) is 0 Å². The molecule has 2 aromatic rings. The molecule has 0 bridgehead atoms. The number of methoxy groups -OCH3 is 1. The van der Waals surface area contributed by atoms with Gasteiger partial charge in [-0.15, -0.1) is 0 Å². The molecule has 4 heteroatoms. The molecule has 0 aliphatic heterocycles. The number of ether oxygens (including phenoxy) is 1. The predicted molar refractivity (Wildman–Crippen MR) is 69.2 cm³/mol. The van der Waals surface area contributed by atoms with Crippen LogP contribution in [-0.4, -0.2) is 12.1 Å². The monoisotopic (exact) mass is 246 g/mol. The van der Waals surface area contributed by atoms with Crippen LogP contribution < -0.4 is 10.5 Å². The molecule has 1 aromatic carbocycles. The Morgan fingerprint density at radius 1 is 1.18 bits per heavy atom. The Balaban J connectivity index is 2.13. The summed E-state index contributed by atoms with van der Waals surface area (Å²) in [5.41, 5.74) is 6.47. The molecule has 0 radical (unpaired) electrons. The van der Waals surface area contributed by atoms with E-state index in [9.17, 15) is 0 Å². The van der Waals surface area contributed by atoms with Gasteiger partial charge in [-0.1, -0.05) is 17.8 Å². The molecule has 0 fully saturated rings. The van der Waals surface area contributed by atoms with E-state index in [0.717, 1.165) is 21.4 Å². The van der Waals surface area contributed by atoms with E-state index in [4.69, 9.17) is 10.5 Å². The maximum atomic E-state index is 5.56. The minimum Gasteiger partial charge on any atom is -0.497 e. The number of hydrogen-bond donors (Lipinski definition) is 1. The summed E-state index contributed by atoms with van der Waals surface area (Å²) in [7, 11) is 1.66. The molecular formula is C13H14N2OS. The van der Waals surface area contributed by atoms with Gasteiger partial charge in [-0.2, -0.15) is 0 Å². The molecule has 0 unspecified atom stereocenters. The number of pyridine rings is 1. The van der Waals surface area contributed by atoms with Crippen molar-refractivity contribution in [1.82, 2.24) is 4.98 Å². The lowest BCUT2D eigenvalue weighted by Crippen LogP contribution is -1.99. The second-order valence-corrected chi connectivity index (χ2v) is 4.54. The molecule has 0 aliphatic rings. The summed E-state index contributed by atoms with van der Waals surface area (Å²) in [5, 5.41) is 0.957. The molecule has 0 spiro atoms. The van der Waals surface area contributed by atoms with Crippen molar-refractivity contribution >= 4 is 11.8 Å². The van der Waals surface area contributed by atoms with Crippen molar-refractivity contribution in [1.29, 1.82) is 0 Å². The zero-order valence-corrected chi connectivity index (χ0v) is 10.4. The van der Waals surface area contributed by atoms with Gasteiger partial charge in [0.1, 0.15) is 10.8 Å². The average molecular weight is 246 g/mol. The Kier molecular flexibility index (Phi) is 4.01. The third-order valence-electron chi connectivity index (χ3n) is 2.27. The second kappa shape index (κ2) is 5.70. The molecular weight excluding hydrogens is 232 g/mol. The zero-order valence-electron chi connectivity index (χ0n) is 9.59. The minimum absolute atomic E-state index is 0.469. The van der Waals surface area contributed by atoms with Gasteiger partial charge in [0, 0.05) is 11.4 Å². The first-order valence-corrected chi connectivity index (χ1v) is 6.11. The summed E-state index contributed by atoms with van der Waals surface area (Å²) in [6, 6.07) is 13.8. The van der Waals surface area contributed by atoms with Gasteiger partial charge in [-0.25, -0.2) is 4.98 Å². The van der Waals surface area contributed by atoms with Gasteiger partial charge in [-0.3, -0.25) is 0 Å². The third kappa shape index (κ3) is 3.22. The molecule has 88 valence electrons. The first-order chi connectivity index (χ1) is 8.31. The van der Waals surface area contributed by atoms with Gasteiger partial charge in [0.05, 0.1) is 12.8 Å². The van der Waals surface area contributed by atoms with Crippen molar-refractivity contribution in [3.05, 3.63) is 48.2 Å². The molecule has 1 heterocycles. The maximum Gasteiger partial charge on any atom is 0.118 e. The summed E-state index contributed by atoms with van der Waals surface area (Å²) in [4.78, 5) is 5.57. The highest BCUT2D eigenvalue weighted by atomic mass is 32.2. The maximum absolute atomic E-state index is 5.56. The van der Waals surface area contributed by atoms with Gasteiger partial charge in [0.2, 0.25) is 0 Å². The van der Waals surface area contributed by atoms with E-state index < -0.39 is 0 Å². The van der Waals surface area contributed by atoms with Gasteiger partial charge in [0.15, 0.2) is 0 Å². The molecule has 0 saturated carbocycles. The van der Waals surface area contributed by atoms with Crippen LogP contribution in [0.4, 0.5) is 0 Å². The van der Waals surface area contributed by atoms with E-state index in [1.165, 1.54) is 0 Å². The van der Waals surface area contributed by atoms with Crippen molar-refractivity contribution in [3.8, 4) is 5.75 Å². The van der Waals surface area contributed by atoms with Crippen LogP contribution in [0.1, 0.15) is 5.69 Å². The van der Waals surface area contributed by atoms with Gasteiger partial charge >= 0.3 is 0 Å². The fraction of sp³-hybridized carbons (Fsp3) is 0.154. The Morgan fingerprint density at radius 3 is 2.59 bits per heavy atom. The van der Waals surface area contributed by atoms with Crippen LogP contribution in [0, 0.1) is 0 Å². The van der Waals surface area contributed by atoms with Crippen molar-refractivity contribution in [3.63, 3.8) is 0 Å². The summed E-state index contributed by atoms with van der Waals surface area (Å²) < 4.78 is 5.11. The second-order valence-electron chi connectivity index (χ2n) is 3.45. The smallest absolute Gasteiger partial charge is 0.118 e. The quantitative estimate of drug-likeness (QED) is 0.901. The normalized spacial score (nSPS) is 10.2. The number of aromatic nitrogens is 1. The fourth-order valence-corrected chi connectivity index (χ4v) is 2.22. The molecule has 0 atom stereocenters. The molecule has 2 N–H and O–H groups in total. The zero-order chi connectivity index (χ0) is 12.1. The molecule has 0 aliphatic carbocycles. The summed E-state index contributed by atoms with van der Waals surface area (Å²) >= 11 is 1.61. The van der Waals surface area contributed by atoms with E-state index in [-0.39, 0.29) is 0 Å². The number of rotatable bonds is 4. The fourth-order valence-electron chi connectivity index (χ4n) is 1.39. The van der Waals surface area contributed by atoms with Crippen LogP contribution in [0.5, 0.6) is 5.75 Å². The predicted octanol–water partition coefficient (Wildman–Crippen LogP) is 2.70. The molecule has 0 saturated heterocycles. The number of hydrogen-bond acceptors (Lipinski definition) is 4. The molecule has 3 nitrogen and oxygen atoms in total. The van der Waals surface area contributed by atoms with Crippen molar-refractivity contribution in [2.75, 3.05) is 7.11 Å². The van der Waals surface area contributed by atoms with Crippen LogP contribution in [-0.2, 0) is 6.54 Å². The highest BCUT2D eigenvalue weighted by Crippen LogP contribution is 2.27. The van der Waals surface area contributed by atoms with Gasteiger partial charge < -0.3 is 10.5 Å². The Bertz CT molecular complexity index is 485.